The summed E-state index contributed by atoms with van der Waals surface area (Å²) in [5, 5.41) is 2.84. The average Bonchev–Trinajstić information content (AvgIpc) is 2.99. The summed E-state index contributed by atoms with van der Waals surface area (Å²) in [7, 11) is 0. The van der Waals surface area contributed by atoms with Crippen molar-refractivity contribution < 1.29 is 9.53 Å². The van der Waals surface area contributed by atoms with Crippen molar-refractivity contribution in [1.29, 1.82) is 0 Å². The number of ether oxygens (including phenoxy) is 1. The third-order valence-electron chi connectivity index (χ3n) is 4.36. The molecule has 4 aromatic rings. The summed E-state index contributed by atoms with van der Waals surface area (Å²) in [5.41, 5.74) is 2.69. The number of carbonyl (C=O) groups excluding carboxylic acids is 1. The number of aromatic nitrogens is 2. The molecule has 1 aromatic heterocycles. The molecule has 0 saturated heterocycles. The van der Waals surface area contributed by atoms with E-state index in [1.165, 1.54) is 4.57 Å². The van der Waals surface area contributed by atoms with Crippen LogP contribution in [0.5, 0.6) is 11.5 Å². The Hall–Kier alpha value is -3.80. The number of amides is 1. The summed E-state index contributed by atoms with van der Waals surface area (Å²) in [6, 6.07) is 22.1. The highest BCUT2D eigenvalue weighted by atomic mass is 16.5. The minimum absolute atomic E-state index is 0.0956. The molecule has 1 heterocycles. The van der Waals surface area contributed by atoms with Gasteiger partial charge in [0, 0.05) is 0 Å². The number of carbonyl (C=O) groups is 1. The zero-order valence-corrected chi connectivity index (χ0v) is 15.3. The Kier molecular flexibility index (Phi) is 4.68. The van der Waals surface area contributed by atoms with Crippen LogP contribution in [-0.4, -0.2) is 15.5 Å². The van der Waals surface area contributed by atoms with Crippen molar-refractivity contribution in [3.8, 4) is 11.5 Å². The first-order valence-electron chi connectivity index (χ1n) is 8.91. The number of benzene rings is 3. The van der Waals surface area contributed by atoms with E-state index in [1.807, 2.05) is 55.5 Å². The van der Waals surface area contributed by atoms with Crippen LogP contribution >= 0.6 is 0 Å². The van der Waals surface area contributed by atoms with Gasteiger partial charge in [-0.2, -0.15) is 0 Å². The number of H-pyrrole nitrogens is 1. The summed E-state index contributed by atoms with van der Waals surface area (Å²) < 4.78 is 7.34. The summed E-state index contributed by atoms with van der Waals surface area (Å²) in [5.74, 6) is 0.911. The number of fused-ring (bicyclic) bond motifs is 1. The second kappa shape index (κ2) is 7.44. The Labute approximate surface area is 161 Å². The van der Waals surface area contributed by atoms with E-state index in [-0.39, 0.29) is 18.1 Å². The van der Waals surface area contributed by atoms with Crippen LogP contribution < -0.4 is 15.7 Å². The number of rotatable bonds is 5. The van der Waals surface area contributed by atoms with Crippen LogP contribution in [0.1, 0.15) is 5.56 Å². The monoisotopic (exact) mass is 373 g/mol. The molecule has 0 bridgehead atoms. The number of nitrogens with one attached hydrogen (secondary N) is 2. The first-order chi connectivity index (χ1) is 13.6. The number of imidazole rings is 1. The molecule has 6 nitrogen and oxygen atoms in total. The maximum absolute atomic E-state index is 12.6. The number of aryl methyl sites for hydroxylation is 1. The van der Waals surface area contributed by atoms with Crippen molar-refractivity contribution in [3.05, 3.63) is 88.8 Å². The Morgan fingerprint density at radius 1 is 1.04 bits per heavy atom. The maximum Gasteiger partial charge on any atom is 0.326 e. The minimum atomic E-state index is -0.319. The molecule has 3 aromatic carbocycles. The molecule has 0 aliphatic heterocycles. The quantitative estimate of drug-likeness (QED) is 0.554. The molecule has 28 heavy (non-hydrogen) atoms. The lowest BCUT2D eigenvalue weighted by Gasteiger charge is -2.13. The van der Waals surface area contributed by atoms with Crippen LogP contribution in [0.3, 0.4) is 0 Å². The van der Waals surface area contributed by atoms with Gasteiger partial charge < -0.3 is 15.0 Å². The number of nitrogens with zero attached hydrogens (tertiary/aromatic N) is 1. The molecule has 0 atom stereocenters. The van der Waals surface area contributed by atoms with Crippen LogP contribution in [0.4, 0.5) is 5.69 Å². The molecule has 0 aliphatic rings. The SMILES string of the molecule is Cc1cccc(Oc2ccccc2NC(=O)Cn2c(=O)[nH]c3ccccc32)c1. The van der Waals surface area contributed by atoms with Crippen molar-refractivity contribution in [2.45, 2.75) is 13.5 Å². The van der Waals surface area contributed by atoms with Gasteiger partial charge >= 0.3 is 5.69 Å². The van der Waals surface area contributed by atoms with Crippen molar-refractivity contribution in [3.63, 3.8) is 0 Å². The van der Waals surface area contributed by atoms with Crippen molar-refractivity contribution in [1.82, 2.24) is 9.55 Å². The fourth-order valence-corrected chi connectivity index (χ4v) is 3.06. The van der Waals surface area contributed by atoms with Crippen LogP contribution in [0, 0.1) is 6.92 Å². The van der Waals surface area contributed by atoms with Crippen LogP contribution in [-0.2, 0) is 11.3 Å². The molecule has 0 unspecified atom stereocenters. The summed E-state index contributed by atoms with van der Waals surface area (Å²) in [6.45, 7) is 1.89. The molecular formula is C22H19N3O3. The van der Waals surface area contributed by atoms with Gasteiger partial charge in [0.1, 0.15) is 12.3 Å². The number of hydrogen-bond acceptors (Lipinski definition) is 3. The zero-order chi connectivity index (χ0) is 19.5. The van der Waals surface area contributed by atoms with Gasteiger partial charge in [0.15, 0.2) is 5.75 Å². The topological polar surface area (TPSA) is 76.1 Å². The number of para-hydroxylation sites is 4. The van der Waals surface area contributed by atoms with Crippen molar-refractivity contribution >= 4 is 22.6 Å². The molecular weight excluding hydrogens is 354 g/mol. The van der Waals surface area contributed by atoms with Gasteiger partial charge in [0.05, 0.1) is 16.7 Å². The molecule has 0 spiro atoms. The second-order valence-electron chi connectivity index (χ2n) is 6.50. The molecule has 0 aliphatic carbocycles. The lowest BCUT2D eigenvalue weighted by atomic mass is 10.2. The van der Waals surface area contributed by atoms with Gasteiger partial charge in [-0.1, -0.05) is 36.4 Å². The van der Waals surface area contributed by atoms with Gasteiger partial charge in [-0.3, -0.25) is 9.36 Å². The zero-order valence-electron chi connectivity index (χ0n) is 15.3. The predicted octanol–water partition coefficient (Wildman–Crippen LogP) is 4.07. The first kappa shape index (κ1) is 17.6. The molecule has 0 saturated carbocycles. The number of hydrogen-bond donors (Lipinski definition) is 2. The molecule has 6 heteroatoms. The first-order valence-corrected chi connectivity index (χ1v) is 8.91. The van der Waals surface area contributed by atoms with Crippen LogP contribution in [0.15, 0.2) is 77.6 Å². The highest BCUT2D eigenvalue weighted by Crippen LogP contribution is 2.29. The van der Waals surface area contributed by atoms with E-state index in [1.54, 1.807) is 24.3 Å². The Morgan fingerprint density at radius 2 is 1.82 bits per heavy atom. The highest BCUT2D eigenvalue weighted by Gasteiger charge is 2.13. The van der Waals surface area contributed by atoms with Crippen molar-refractivity contribution in [2.24, 2.45) is 0 Å². The largest absolute Gasteiger partial charge is 0.455 e. The Morgan fingerprint density at radius 3 is 2.68 bits per heavy atom. The lowest BCUT2D eigenvalue weighted by molar-refractivity contribution is -0.116. The molecule has 1 amide bonds. The van der Waals surface area contributed by atoms with Crippen LogP contribution in [0.2, 0.25) is 0 Å². The third kappa shape index (κ3) is 3.66. The summed E-state index contributed by atoms with van der Waals surface area (Å²) >= 11 is 0. The second-order valence-corrected chi connectivity index (χ2v) is 6.50. The van der Waals surface area contributed by atoms with Crippen molar-refractivity contribution in [2.75, 3.05) is 5.32 Å². The molecule has 140 valence electrons. The molecule has 0 radical (unpaired) electrons. The average molecular weight is 373 g/mol. The Bertz CT molecular complexity index is 1210. The molecule has 4 rings (SSSR count). The van der Waals surface area contributed by atoms with E-state index < -0.39 is 0 Å². The predicted molar refractivity (Wildman–Crippen MR) is 109 cm³/mol. The van der Waals surface area contributed by atoms with Gasteiger partial charge in [-0.15, -0.1) is 0 Å². The highest BCUT2D eigenvalue weighted by molar-refractivity contribution is 5.93. The van der Waals surface area contributed by atoms with E-state index >= 15 is 0 Å². The fourth-order valence-electron chi connectivity index (χ4n) is 3.06. The summed E-state index contributed by atoms with van der Waals surface area (Å²) in [4.78, 5) is 27.5. The van der Waals surface area contributed by atoms with E-state index in [9.17, 15) is 9.59 Å². The number of aromatic amines is 1. The molecule has 0 fully saturated rings. The third-order valence-corrected chi connectivity index (χ3v) is 4.36. The van der Waals surface area contributed by atoms with Gasteiger partial charge in [0.25, 0.3) is 0 Å². The lowest BCUT2D eigenvalue weighted by Crippen LogP contribution is -2.26. The van der Waals surface area contributed by atoms with E-state index in [0.29, 0.717) is 28.2 Å². The smallest absolute Gasteiger partial charge is 0.326 e. The van der Waals surface area contributed by atoms with Gasteiger partial charge in [-0.25, -0.2) is 4.79 Å². The van der Waals surface area contributed by atoms with Crippen LogP contribution in [0.25, 0.3) is 11.0 Å². The van der Waals surface area contributed by atoms with E-state index in [2.05, 4.69) is 10.3 Å². The number of anilines is 1. The normalized spacial score (nSPS) is 10.8. The van der Waals surface area contributed by atoms with Gasteiger partial charge in [0.2, 0.25) is 5.91 Å². The standard InChI is InChI=1S/C22H19N3O3/c1-15-7-6-8-16(13-15)28-20-12-5-3-10-18(20)23-21(26)14-25-19-11-4-2-9-17(19)24-22(25)27/h2-13H,14H2,1H3,(H,23,26)(H,24,27). The molecule has 2 N–H and O–H groups in total. The maximum atomic E-state index is 12.6. The van der Waals surface area contributed by atoms with Gasteiger partial charge in [-0.05, 0) is 48.9 Å². The fraction of sp³-hybridized carbons (Fsp3) is 0.0909. The summed E-state index contributed by atoms with van der Waals surface area (Å²) in [6.07, 6.45) is 0. The van der Waals surface area contributed by atoms with E-state index in [0.717, 1.165) is 5.56 Å². The minimum Gasteiger partial charge on any atom is -0.455 e. The Balaban J connectivity index is 1.55. The van der Waals surface area contributed by atoms with E-state index in [4.69, 9.17) is 4.74 Å².